The van der Waals surface area contributed by atoms with E-state index < -0.39 is 11.6 Å². The summed E-state index contributed by atoms with van der Waals surface area (Å²) in [6, 6.07) is 12.7. The Morgan fingerprint density at radius 2 is 1.86 bits per heavy atom. The number of carbonyl (C=O) groups is 1. The quantitative estimate of drug-likeness (QED) is 0.730. The van der Waals surface area contributed by atoms with E-state index in [0.29, 0.717) is 5.56 Å². The predicted molar refractivity (Wildman–Crippen MR) is 105 cm³/mol. The van der Waals surface area contributed by atoms with Gasteiger partial charge in [-0.2, -0.15) is 5.26 Å². The lowest BCUT2D eigenvalue weighted by Crippen LogP contribution is -2.48. The maximum absolute atomic E-state index is 13.1. The van der Waals surface area contributed by atoms with Crippen LogP contribution in [-0.4, -0.2) is 38.3 Å². The maximum Gasteiger partial charge on any atom is 0.315 e. The highest BCUT2D eigenvalue weighted by molar-refractivity contribution is 5.74. The van der Waals surface area contributed by atoms with Gasteiger partial charge in [-0.1, -0.05) is 0 Å². The van der Waals surface area contributed by atoms with Crippen LogP contribution in [0.25, 0.3) is 0 Å². The number of piperidine rings is 1. The third kappa shape index (κ3) is 5.82. The van der Waals surface area contributed by atoms with Gasteiger partial charge in [-0.3, -0.25) is 0 Å². The van der Waals surface area contributed by atoms with Crippen molar-refractivity contribution in [2.45, 2.75) is 18.9 Å². The molecule has 1 saturated heterocycles. The van der Waals surface area contributed by atoms with Crippen LogP contribution < -0.4 is 20.3 Å². The van der Waals surface area contributed by atoms with E-state index in [9.17, 15) is 13.6 Å². The van der Waals surface area contributed by atoms with Gasteiger partial charge in [0.15, 0.2) is 11.6 Å². The van der Waals surface area contributed by atoms with Crippen LogP contribution in [0.5, 0.6) is 5.75 Å². The van der Waals surface area contributed by atoms with Crippen molar-refractivity contribution in [1.82, 2.24) is 10.6 Å². The molecule has 6 nitrogen and oxygen atoms in total. The third-order valence-electron chi connectivity index (χ3n) is 4.74. The molecule has 29 heavy (non-hydrogen) atoms. The fourth-order valence-electron chi connectivity index (χ4n) is 3.17. The molecule has 0 atom stereocenters. The Hall–Kier alpha value is -3.34. The van der Waals surface area contributed by atoms with E-state index in [0.717, 1.165) is 43.8 Å². The van der Waals surface area contributed by atoms with Gasteiger partial charge in [-0.15, -0.1) is 0 Å². The zero-order chi connectivity index (χ0) is 20.6. The van der Waals surface area contributed by atoms with E-state index in [1.54, 1.807) is 12.1 Å². The highest BCUT2D eigenvalue weighted by Crippen LogP contribution is 2.20. The molecule has 2 N–H and O–H groups in total. The van der Waals surface area contributed by atoms with Crippen molar-refractivity contribution in [1.29, 1.82) is 5.26 Å². The predicted octanol–water partition coefficient (Wildman–Crippen LogP) is 3.18. The molecule has 0 aliphatic carbocycles. The first-order valence-electron chi connectivity index (χ1n) is 9.42. The highest BCUT2D eigenvalue weighted by Gasteiger charge is 2.20. The highest BCUT2D eigenvalue weighted by atomic mass is 19.2. The van der Waals surface area contributed by atoms with E-state index in [1.165, 1.54) is 6.07 Å². The monoisotopic (exact) mass is 400 g/mol. The number of nitrogens with zero attached hydrogens (tertiary/aromatic N) is 2. The molecule has 0 radical (unpaired) electrons. The number of hydrogen-bond acceptors (Lipinski definition) is 4. The summed E-state index contributed by atoms with van der Waals surface area (Å²) < 4.78 is 31.2. The Bertz CT molecular complexity index is 875. The van der Waals surface area contributed by atoms with Crippen molar-refractivity contribution >= 4 is 11.7 Å². The molecule has 1 aliphatic heterocycles. The van der Waals surface area contributed by atoms with Gasteiger partial charge in [-0.25, -0.2) is 13.6 Å². The van der Waals surface area contributed by atoms with E-state index in [-0.39, 0.29) is 31.0 Å². The zero-order valence-electron chi connectivity index (χ0n) is 15.8. The molecule has 3 rings (SSSR count). The number of amides is 2. The smallest absolute Gasteiger partial charge is 0.315 e. The summed E-state index contributed by atoms with van der Waals surface area (Å²) in [6.45, 7) is 2.02. The van der Waals surface area contributed by atoms with Crippen LogP contribution in [0.3, 0.4) is 0 Å². The standard InChI is InChI=1S/C21H22F2N4O2/c22-19-6-5-18(13-20(19)23)29-12-9-25-21(28)26-16-7-10-27(11-8-16)17-3-1-15(14-24)2-4-17/h1-6,13,16H,7-12H2,(H2,25,26,28). The second-order valence-corrected chi connectivity index (χ2v) is 6.74. The number of hydrogen-bond donors (Lipinski definition) is 2. The number of anilines is 1. The Balaban J connectivity index is 1.34. The summed E-state index contributed by atoms with van der Waals surface area (Å²) in [5.74, 6) is -1.69. The largest absolute Gasteiger partial charge is 0.492 e. The van der Waals surface area contributed by atoms with Gasteiger partial charge in [0, 0.05) is 30.9 Å². The number of urea groups is 1. The second kappa shape index (κ2) is 9.73. The molecular weight excluding hydrogens is 378 g/mol. The molecule has 1 aliphatic rings. The number of benzene rings is 2. The van der Waals surface area contributed by atoms with Gasteiger partial charge >= 0.3 is 6.03 Å². The number of halogens is 2. The fraction of sp³-hybridized carbons (Fsp3) is 0.333. The minimum absolute atomic E-state index is 0.0803. The fourth-order valence-corrected chi connectivity index (χ4v) is 3.17. The summed E-state index contributed by atoms with van der Waals surface area (Å²) in [7, 11) is 0. The average molecular weight is 400 g/mol. The molecule has 8 heteroatoms. The molecule has 2 aromatic carbocycles. The van der Waals surface area contributed by atoms with Crippen molar-refractivity contribution in [3.05, 3.63) is 59.7 Å². The first-order chi connectivity index (χ1) is 14.0. The SMILES string of the molecule is N#Cc1ccc(N2CCC(NC(=O)NCCOc3ccc(F)c(F)c3)CC2)cc1. The van der Waals surface area contributed by atoms with Crippen molar-refractivity contribution in [2.24, 2.45) is 0 Å². The number of carbonyl (C=O) groups excluding carboxylic acids is 1. The molecule has 1 fully saturated rings. The number of nitriles is 1. The first-order valence-corrected chi connectivity index (χ1v) is 9.42. The van der Waals surface area contributed by atoms with E-state index in [4.69, 9.17) is 10.00 Å². The minimum Gasteiger partial charge on any atom is -0.492 e. The van der Waals surface area contributed by atoms with Gasteiger partial charge in [0.2, 0.25) is 0 Å². The van der Waals surface area contributed by atoms with E-state index >= 15 is 0 Å². The lowest BCUT2D eigenvalue weighted by molar-refractivity contribution is 0.230. The Kier molecular flexibility index (Phi) is 6.85. The topological polar surface area (TPSA) is 77.4 Å². The molecule has 0 aromatic heterocycles. The number of ether oxygens (including phenoxy) is 1. The zero-order valence-corrected chi connectivity index (χ0v) is 15.8. The molecule has 2 amide bonds. The van der Waals surface area contributed by atoms with Crippen LogP contribution in [-0.2, 0) is 0 Å². The van der Waals surface area contributed by atoms with E-state index in [1.807, 2.05) is 12.1 Å². The normalized spacial score (nSPS) is 14.2. The van der Waals surface area contributed by atoms with Crippen molar-refractivity contribution < 1.29 is 18.3 Å². The Morgan fingerprint density at radius 1 is 1.14 bits per heavy atom. The van der Waals surface area contributed by atoms with Gasteiger partial charge < -0.3 is 20.3 Å². The Morgan fingerprint density at radius 3 is 2.52 bits per heavy atom. The third-order valence-corrected chi connectivity index (χ3v) is 4.74. The maximum atomic E-state index is 13.1. The summed E-state index contributed by atoms with van der Waals surface area (Å²) in [5.41, 5.74) is 1.71. The van der Waals surface area contributed by atoms with Crippen LogP contribution in [0.15, 0.2) is 42.5 Å². The van der Waals surface area contributed by atoms with Gasteiger partial charge in [0.1, 0.15) is 12.4 Å². The molecule has 152 valence electrons. The van der Waals surface area contributed by atoms with Crippen LogP contribution >= 0.6 is 0 Å². The molecule has 2 aromatic rings. The van der Waals surface area contributed by atoms with Crippen LogP contribution in [0.4, 0.5) is 19.3 Å². The molecular formula is C21H22F2N4O2. The van der Waals surface area contributed by atoms with Gasteiger partial charge in [0.05, 0.1) is 18.2 Å². The molecule has 0 bridgehead atoms. The molecule has 0 saturated carbocycles. The Labute approximate surface area is 168 Å². The summed E-state index contributed by atoms with van der Waals surface area (Å²) in [6.07, 6.45) is 1.64. The lowest BCUT2D eigenvalue weighted by Gasteiger charge is -2.34. The van der Waals surface area contributed by atoms with Crippen molar-refractivity contribution in [3.8, 4) is 11.8 Å². The molecule has 1 heterocycles. The number of nitrogens with one attached hydrogen (secondary N) is 2. The van der Waals surface area contributed by atoms with Crippen LogP contribution in [0.2, 0.25) is 0 Å². The summed E-state index contributed by atoms with van der Waals surface area (Å²) in [5, 5.41) is 14.5. The van der Waals surface area contributed by atoms with Gasteiger partial charge in [0.25, 0.3) is 0 Å². The first kappa shape index (κ1) is 20.4. The minimum atomic E-state index is -0.972. The van der Waals surface area contributed by atoms with E-state index in [2.05, 4.69) is 21.6 Å². The summed E-state index contributed by atoms with van der Waals surface area (Å²) >= 11 is 0. The average Bonchev–Trinajstić information content (AvgIpc) is 2.74. The molecule has 0 unspecified atom stereocenters. The van der Waals surface area contributed by atoms with Crippen molar-refractivity contribution in [3.63, 3.8) is 0 Å². The van der Waals surface area contributed by atoms with Crippen LogP contribution in [0, 0.1) is 23.0 Å². The molecule has 0 spiro atoms. The van der Waals surface area contributed by atoms with Crippen molar-refractivity contribution in [2.75, 3.05) is 31.1 Å². The summed E-state index contributed by atoms with van der Waals surface area (Å²) in [4.78, 5) is 14.2. The van der Waals surface area contributed by atoms with Crippen LogP contribution in [0.1, 0.15) is 18.4 Å². The second-order valence-electron chi connectivity index (χ2n) is 6.74. The lowest BCUT2D eigenvalue weighted by atomic mass is 10.0. The van der Waals surface area contributed by atoms with Gasteiger partial charge in [-0.05, 0) is 49.2 Å². The number of rotatable bonds is 6.